The van der Waals surface area contributed by atoms with Crippen LogP contribution in [0.4, 0.5) is 0 Å². The van der Waals surface area contributed by atoms with Gasteiger partial charge in [-0.25, -0.2) is 0 Å². The third-order valence-corrected chi connectivity index (χ3v) is 4.17. The van der Waals surface area contributed by atoms with Gasteiger partial charge >= 0.3 is 63.3 Å². The van der Waals surface area contributed by atoms with Gasteiger partial charge in [-0.05, 0) is 11.8 Å². The molecule has 0 aliphatic heterocycles. The van der Waals surface area contributed by atoms with E-state index in [4.69, 9.17) is 0 Å². The molecule has 4 nitrogen and oxygen atoms in total. The smallest absolute Gasteiger partial charge is 1.00 e. The van der Waals surface area contributed by atoms with Crippen LogP contribution < -0.4 is 51.4 Å². The van der Waals surface area contributed by atoms with Crippen molar-refractivity contribution in [1.82, 2.24) is 0 Å². The monoisotopic (exact) mass is 326 g/mol. The largest absolute Gasteiger partial charge is 1.00 e. The summed E-state index contributed by atoms with van der Waals surface area (Å²) in [7, 11) is 0. The molecular weight excluding hydrogens is 295 g/mol. The van der Waals surface area contributed by atoms with E-state index in [1.54, 1.807) is 20.8 Å². The molecule has 0 unspecified atom stereocenters. The molecule has 0 fully saturated rings. The topological polar surface area (TPSA) is 74.6 Å². The maximum Gasteiger partial charge on any atom is 1.00 e. The average molecular weight is 327 g/mol. The van der Waals surface area contributed by atoms with Crippen LogP contribution in [0, 0.1) is 10.8 Å². The van der Waals surface area contributed by atoms with Crippen LogP contribution in [0.3, 0.4) is 0 Å². The second kappa shape index (κ2) is 11.2. The van der Waals surface area contributed by atoms with Crippen LogP contribution in [0.25, 0.3) is 0 Å². The number of aliphatic carboxylic acids is 2. The molecule has 0 aromatic carbocycles. The Labute approximate surface area is 173 Å². The first-order valence-electron chi connectivity index (χ1n) is 7.67. The van der Waals surface area contributed by atoms with E-state index in [-0.39, 0.29) is 59.2 Å². The third kappa shape index (κ3) is 7.12. The molecule has 0 saturated heterocycles. The molecule has 120 valence electrons. The van der Waals surface area contributed by atoms with E-state index in [1.807, 2.05) is 0 Å². The summed E-state index contributed by atoms with van der Waals surface area (Å²) in [5.74, 6) is -2.44. The fourth-order valence-corrected chi connectivity index (χ4v) is 2.67. The van der Waals surface area contributed by atoms with Gasteiger partial charge in [0.2, 0.25) is 0 Å². The van der Waals surface area contributed by atoms with Gasteiger partial charge in [0.05, 0.1) is 0 Å². The number of carbonyl (C=O) groups is 2. The van der Waals surface area contributed by atoms with E-state index >= 15 is 0 Å². The van der Waals surface area contributed by atoms with Gasteiger partial charge in [0.1, 0.15) is 0 Å². The Balaban J connectivity index is -0.00000180. The Kier molecular flexibility index (Phi) is 12.7. The quantitative estimate of drug-likeness (QED) is 0.362. The van der Waals surface area contributed by atoms with Gasteiger partial charge in [-0.15, -0.1) is 0 Å². The van der Waals surface area contributed by atoms with Crippen molar-refractivity contribution in [2.24, 2.45) is 10.8 Å². The van der Waals surface area contributed by atoms with Crippen LogP contribution in [0.5, 0.6) is 0 Å². The van der Waals surface area contributed by atoms with Crippen LogP contribution in [-0.4, -0.2) is 22.2 Å². The molecule has 21 heavy (non-hydrogen) atoms. The Hall–Kier alpha value is 0.576. The summed E-state index contributed by atoms with van der Waals surface area (Å²) in [5, 5.41) is 18.8. The van der Waals surface area contributed by atoms with Crippen molar-refractivity contribution in [3.8, 4) is 0 Å². The van der Waals surface area contributed by atoms with E-state index < -0.39 is 22.8 Å². The van der Waals surface area contributed by atoms with Crippen LogP contribution in [-0.2, 0) is 9.59 Å². The predicted molar refractivity (Wildman–Crippen MR) is 80.9 cm³/mol. The molecule has 0 aliphatic rings. The summed E-state index contributed by atoms with van der Waals surface area (Å²) in [5.41, 5.74) is -2.48. The van der Waals surface area contributed by atoms with E-state index in [1.165, 1.54) is 19.3 Å². The minimum atomic E-state index is -1.68. The molecule has 0 aromatic rings. The molecule has 0 heterocycles. The Morgan fingerprint density at radius 1 is 0.857 bits per heavy atom. The Morgan fingerprint density at radius 2 is 1.24 bits per heavy atom. The standard InChI is InChI=1S/C16H30O4.K.H/c1-5-6-7-8-9-10-11-12-16(13(17)18,14(19)20)15(2,3)4;;/h5-12H2,1-4H3,(H,17,18)(H,19,20);;/q;+1;-1. The molecule has 0 rings (SSSR count). The first-order valence-corrected chi connectivity index (χ1v) is 7.67. The zero-order valence-corrected chi connectivity index (χ0v) is 17.5. The van der Waals surface area contributed by atoms with Gasteiger partial charge in [0.15, 0.2) is 5.41 Å². The van der Waals surface area contributed by atoms with Gasteiger partial charge in [0, 0.05) is 0 Å². The number of rotatable bonds is 10. The first kappa shape index (κ1) is 23.8. The van der Waals surface area contributed by atoms with Crippen molar-refractivity contribution in [2.75, 3.05) is 0 Å². The van der Waals surface area contributed by atoms with Crippen molar-refractivity contribution >= 4 is 11.9 Å². The van der Waals surface area contributed by atoms with Gasteiger partial charge in [-0.3, -0.25) is 9.59 Å². The predicted octanol–water partition coefficient (Wildman–Crippen LogP) is 1.45. The Morgan fingerprint density at radius 3 is 1.57 bits per heavy atom. The second-order valence-corrected chi connectivity index (χ2v) is 6.64. The number of hydrogen-bond acceptors (Lipinski definition) is 2. The summed E-state index contributed by atoms with van der Waals surface area (Å²) in [6.45, 7) is 7.24. The molecule has 0 radical (unpaired) electrons. The SMILES string of the molecule is CCCCCCCCCC(C(=O)O)(C(=O)O)C(C)(C)C.[H-].[K+]. The van der Waals surface area contributed by atoms with Crippen molar-refractivity contribution < 1.29 is 72.6 Å². The van der Waals surface area contributed by atoms with Crippen molar-refractivity contribution in [1.29, 1.82) is 0 Å². The van der Waals surface area contributed by atoms with Gasteiger partial charge in [0.25, 0.3) is 0 Å². The maximum atomic E-state index is 11.5. The zero-order valence-electron chi connectivity index (χ0n) is 15.4. The van der Waals surface area contributed by atoms with Crippen LogP contribution in [0.2, 0.25) is 0 Å². The average Bonchev–Trinajstić information content (AvgIpc) is 2.30. The molecular formula is C16H31KO4. The van der Waals surface area contributed by atoms with E-state index in [0.717, 1.165) is 19.3 Å². The van der Waals surface area contributed by atoms with Gasteiger partial charge in [-0.2, -0.15) is 0 Å². The van der Waals surface area contributed by atoms with Crippen molar-refractivity contribution in [3.05, 3.63) is 0 Å². The molecule has 0 saturated carbocycles. The molecule has 0 amide bonds. The molecule has 0 aromatic heterocycles. The van der Waals surface area contributed by atoms with Crippen molar-refractivity contribution in [3.63, 3.8) is 0 Å². The second-order valence-electron chi connectivity index (χ2n) is 6.64. The maximum absolute atomic E-state index is 11.5. The number of hydrogen-bond donors (Lipinski definition) is 2. The number of unbranched alkanes of at least 4 members (excludes halogenated alkanes) is 6. The minimum Gasteiger partial charge on any atom is -1.00 e. The summed E-state index contributed by atoms with van der Waals surface area (Å²) >= 11 is 0. The fourth-order valence-electron chi connectivity index (χ4n) is 2.67. The van der Waals surface area contributed by atoms with Crippen molar-refractivity contribution in [2.45, 2.75) is 79.1 Å². The first-order chi connectivity index (χ1) is 9.20. The summed E-state index contributed by atoms with van der Waals surface area (Å²) < 4.78 is 0. The van der Waals surface area contributed by atoms with Crippen LogP contribution in [0.15, 0.2) is 0 Å². The molecule has 5 heteroatoms. The minimum absolute atomic E-state index is 0. The van der Waals surface area contributed by atoms with Crippen LogP contribution in [0.1, 0.15) is 80.5 Å². The zero-order chi connectivity index (χ0) is 15.8. The summed E-state index contributed by atoms with van der Waals surface area (Å²) in [6.07, 6.45) is 7.61. The number of carboxylic acids is 2. The number of carboxylic acid groups (broad SMARTS) is 2. The summed E-state index contributed by atoms with van der Waals surface area (Å²) in [4.78, 5) is 23.1. The molecule has 0 atom stereocenters. The van der Waals surface area contributed by atoms with Gasteiger partial charge < -0.3 is 11.6 Å². The molecule has 0 aliphatic carbocycles. The van der Waals surface area contributed by atoms with E-state index in [2.05, 4.69) is 6.92 Å². The molecule has 0 spiro atoms. The van der Waals surface area contributed by atoms with E-state index in [9.17, 15) is 19.8 Å². The normalized spacial score (nSPS) is 11.8. The molecule has 0 bridgehead atoms. The van der Waals surface area contributed by atoms with E-state index in [0.29, 0.717) is 6.42 Å². The summed E-state index contributed by atoms with van der Waals surface area (Å²) in [6, 6.07) is 0. The van der Waals surface area contributed by atoms with Crippen LogP contribution >= 0.6 is 0 Å². The third-order valence-electron chi connectivity index (χ3n) is 4.17. The van der Waals surface area contributed by atoms with Gasteiger partial charge in [-0.1, -0.05) is 72.6 Å². The Bertz CT molecular complexity index is 313. The molecule has 2 N–H and O–H groups in total. The fraction of sp³-hybridized carbons (Fsp3) is 0.875.